The Bertz CT molecular complexity index is 405. The number of benzene rings is 1. The third-order valence-corrected chi connectivity index (χ3v) is 2.51. The molecule has 88 valence electrons. The van der Waals surface area contributed by atoms with Crippen LogP contribution in [0.25, 0.3) is 0 Å². The first-order valence-electron chi connectivity index (χ1n) is 5.08. The van der Waals surface area contributed by atoms with Gasteiger partial charge in [-0.2, -0.15) is 0 Å². The highest BCUT2D eigenvalue weighted by Crippen LogP contribution is 2.28. The fourth-order valence-electron chi connectivity index (χ4n) is 1.22. The maximum absolute atomic E-state index is 13.0. The molecule has 0 bridgehead atoms. The van der Waals surface area contributed by atoms with Crippen molar-refractivity contribution < 1.29 is 9.31 Å². The fourth-order valence-corrected chi connectivity index (χ4v) is 1.22. The maximum atomic E-state index is 13.0. The first kappa shape index (κ1) is 12.4. The third-order valence-electron chi connectivity index (χ3n) is 2.51. The van der Waals surface area contributed by atoms with Crippen LogP contribution in [0.2, 0.25) is 0 Å². The van der Waals surface area contributed by atoms with Gasteiger partial charge in [-0.15, -0.1) is 0 Å². The van der Waals surface area contributed by atoms with E-state index in [4.69, 9.17) is 0 Å². The van der Waals surface area contributed by atoms with Gasteiger partial charge >= 0.3 is 0 Å². The molecule has 0 saturated heterocycles. The number of halogens is 1. The van der Waals surface area contributed by atoms with E-state index in [-0.39, 0.29) is 16.9 Å². The quantitative estimate of drug-likeness (QED) is 0.632. The first-order chi connectivity index (χ1) is 7.35. The van der Waals surface area contributed by atoms with Gasteiger partial charge in [0.15, 0.2) is 0 Å². The Morgan fingerprint density at radius 1 is 1.50 bits per heavy atom. The van der Waals surface area contributed by atoms with E-state index in [1.807, 2.05) is 20.8 Å². The standard InChI is InChI=1S/C11H15FN2O2/c1-4-11(2,3)13-9-7-8(12)5-6-10(9)14(15)16/h5-7,13H,4H2,1-3H3. The highest BCUT2D eigenvalue weighted by Gasteiger charge is 2.21. The smallest absolute Gasteiger partial charge is 0.292 e. The number of nitrogens with one attached hydrogen (secondary N) is 1. The van der Waals surface area contributed by atoms with Gasteiger partial charge in [0.25, 0.3) is 5.69 Å². The van der Waals surface area contributed by atoms with Gasteiger partial charge < -0.3 is 5.32 Å². The van der Waals surface area contributed by atoms with Crippen LogP contribution in [0.4, 0.5) is 15.8 Å². The average Bonchev–Trinajstić information content (AvgIpc) is 2.16. The molecule has 4 nitrogen and oxygen atoms in total. The largest absolute Gasteiger partial charge is 0.375 e. The molecular formula is C11H15FN2O2. The molecule has 0 unspecified atom stereocenters. The molecule has 1 N–H and O–H groups in total. The summed E-state index contributed by atoms with van der Waals surface area (Å²) in [5, 5.41) is 13.7. The Hall–Kier alpha value is -1.65. The number of nitrogens with zero attached hydrogens (tertiary/aromatic N) is 1. The Balaban J connectivity index is 3.10. The van der Waals surface area contributed by atoms with Crippen LogP contribution in [0.5, 0.6) is 0 Å². The van der Waals surface area contributed by atoms with E-state index in [0.717, 1.165) is 18.6 Å². The topological polar surface area (TPSA) is 55.2 Å². The van der Waals surface area contributed by atoms with Crippen LogP contribution in [-0.2, 0) is 0 Å². The third kappa shape index (κ3) is 2.92. The normalized spacial score (nSPS) is 11.2. The molecule has 0 aliphatic carbocycles. The van der Waals surface area contributed by atoms with Gasteiger partial charge in [0.2, 0.25) is 0 Å². The minimum Gasteiger partial charge on any atom is -0.375 e. The zero-order chi connectivity index (χ0) is 12.3. The van der Waals surface area contributed by atoms with Crippen LogP contribution in [0.1, 0.15) is 27.2 Å². The molecule has 16 heavy (non-hydrogen) atoms. The van der Waals surface area contributed by atoms with Gasteiger partial charge in [-0.25, -0.2) is 4.39 Å². The monoisotopic (exact) mass is 226 g/mol. The van der Waals surface area contributed by atoms with Gasteiger partial charge in [-0.3, -0.25) is 10.1 Å². The molecule has 1 rings (SSSR count). The van der Waals surface area contributed by atoms with Crippen LogP contribution in [0.15, 0.2) is 18.2 Å². The lowest BCUT2D eigenvalue weighted by molar-refractivity contribution is -0.384. The van der Waals surface area contributed by atoms with E-state index in [2.05, 4.69) is 5.32 Å². The highest BCUT2D eigenvalue weighted by molar-refractivity contribution is 5.62. The van der Waals surface area contributed by atoms with Crippen molar-refractivity contribution in [2.24, 2.45) is 0 Å². The summed E-state index contributed by atoms with van der Waals surface area (Å²) in [6.07, 6.45) is 0.778. The van der Waals surface area contributed by atoms with Gasteiger partial charge in [0, 0.05) is 17.7 Å². The summed E-state index contributed by atoms with van der Waals surface area (Å²) in [4.78, 5) is 10.2. The minimum absolute atomic E-state index is 0.108. The lowest BCUT2D eigenvalue weighted by atomic mass is 10.0. The van der Waals surface area contributed by atoms with Crippen LogP contribution in [0.3, 0.4) is 0 Å². The summed E-state index contributed by atoms with van der Waals surface area (Å²) < 4.78 is 13.0. The van der Waals surface area contributed by atoms with Crippen LogP contribution >= 0.6 is 0 Å². The SMILES string of the molecule is CCC(C)(C)Nc1cc(F)ccc1[N+](=O)[O-]. The van der Waals surface area contributed by atoms with E-state index in [0.29, 0.717) is 0 Å². The summed E-state index contributed by atoms with van der Waals surface area (Å²) in [5.74, 6) is -0.486. The minimum atomic E-state index is -0.520. The molecule has 1 aromatic rings. The summed E-state index contributed by atoms with van der Waals surface area (Å²) in [6, 6.07) is 3.40. The fraction of sp³-hybridized carbons (Fsp3) is 0.455. The van der Waals surface area contributed by atoms with Crippen LogP contribution in [0, 0.1) is 15.9 Å². The van der Waals surface area contributed by atoms with Crippen molar-refractivity contribution >= 4 is 11.4 Å². The predicted molar refractivity (Wildman–Crippen MR) is 61.0 cm³/mol. The van der Waals surface area contributed by atoms with Gasteiger partial charge in [-0.05, 0) is 26.3 Å². The summed E-state index contributed by atoms with van der Waals surface area (Å²) >= 11 is 0. The molecule has 0 aliphatic rings. The van der Waals surface area contributed by atoms with Crippen molar-refractivity contribution in [3.8, 4) is 0 Å². The zero-order valence-corrected chi connectivity index (χ0v) is 9.58. The highest BCUT2D eigenvalue weighted by atomic mass is 19.1. The predicted octanol–water partition coefficient (Wildman–Crippen LogP) is 3.33. The second-order valence-corrected chi connectivity index (χ2v) is 4.28. The molecule has 0 aliphatic heterocycles. The average molecular weight is 226 g/mol. The van der Waals surface area contributed by atoms with Crippen molar-refractivity contribution in [2.45, 2.75) is 32.7 Å². The maximum Gasteiger partial charge on any atom is 0.292 e. The molecule has 0 heterocycles. The van der Waals surface area contributed by atoms with Gasteiger partial charge in [-0.1, -0.05) is 6.92 Å². The molecule has 0 spiro atoms. The molecular weight excluding hydrogens is 211 g/mol. The molecule has 0 atom stereocenters. The Morgan fingerprint density at radius 2 is 2.12 bits per heavy atom. The van der Waals surface area contributed by atoms with Crippen molar-refractivity contribution in [3.63, 3.8) is 0 Å². The van der Waals surface area contributed by atoms with Gasteiger partial charge in [0.1, 0.15) is 11.5 Å². The molecule has 0 amide bonds. The Morgan fingerprint density at radius 3 is 2.62 bits per heavy atom. The van der Waals surface area contributed by atoms with Crippen LogP contribution < -0.4 is 5.32 Å². The Labute approximate surface area is 93.6 Å². The number of nitro groups is 1. The van der Waals surface area contributed by atoms with Crippen molar-refractivity contribution in [2.75, 3.05) is 5.32 Å². The van der Waals surface area contributed by atoms with Crippen molar-refractivity contribution in [1.29, 1.82) is 0 Å². The molecule has 1 aromatic carbocycles. The zero-order valence-electron chi connectivity index (χ0n) is 9.58. The van der Waals surface area contributed by atoms with E-state index < -0.39 is 10.7 Å². The molecule has 5 heteroatoms. The number of nitro benzene ring substituents is 1. The summed E-state index contributed by atoms with van der Waals surface area (Å²) in [7, 11) is 0. The van der Waals surface area contributed by atoms with E-state index >= 15 is 0 Å². The number of rotatable bonds is 4. The Kier molecular flexibility index (Phi) is 3.47. The van der Waals surface area contributed by atoms with E-state index in [1.165, 1.54) is 6.07 Å². The van der Waals surface area contributed by atoms with Crippen LogP contribution in [-0.4, -0.2) is 10.5 Å². The summed E-state index contributed by atoms with van der Waals surface area (Å²) in [5.41, 5.74) is -0.196. The number of hydrogen-bond donors (Lipinski definition) is 1. The lowest BCUT2D eigenvalue weighted by Crippen LogP contribution is -2.30. The first-order valence-corrected chi connectivity index (χ1v) is 5.08. The van der Waals surface area contributed by atoms with E-state index in [9.17, 15) is 14.5 Å². The molecule has 0 fully saturated rings. The summed E-state index contributed by atoms with van der Waals surface area (Å²) in [6.45, 7) is 5.77. The van der Waals surface area contributed by atoms with E-state index in [1.54, 1.807) is 0 Å². The molecule has 0 saturated carbocycles. The number of hydrogen-bond acceptors (Lipinski definition) is 3. The molecule has 0 radical (unpaired) electrons. The van der Waals surface area contributed by atoms with Crippen molar-refractivity contribution in [3.05, 3.63) is 34.1 Å². The van der Waals surface area contributed by atoms with Gasteiger partial charge in [0.05, 0.1) is 4.92 Å². The second-order valence-electron chi connectivity index (χ2n) is 4.28. The lowest BCUT2D eigenvalue weighted by Gasteiger charge is -2.25. The van der Waals surface area contributed by atoms with Crippen molar-refractivity contribution in [1.82, 2.24) is 0 Å². The second kappa shape index (κ2) is 4.47. The molecule has 0 aromatic heterocycles. The number of anilines is 1.